The Labute approximate surface area is 208 Å². The highest BCUT2D eigenvalue weighted by Crippen LogP contribution is 2.42. The number of aromatic nitrogens is 4. The van der Waals surface area contributed by atoms with Gasteiger partial charge in [0.2, 0.25) is 7.44 Å². The van der Waals surface area contributed by atoms with E-state index in [4.69, 9.17) is 22.1 Å². The van der Waals surface area contributed by atoms with Gasteiger partial charge < -0.3 is 20.1 Å². The van der Waals surface area contributed by atoms with Crippen molar-refractivity contribution in [3.63, 3.8) is 0 Å². The van der Waals surface area contributed by atoms with E-state index in [-0.39, 0.29) is 18.2 Å². The average molecular weight is 524 g/mol. The van der Waals surface area contributed by atoms with Crippen molar-refractivity contribution in [1.29, 1.82) is 0 Å². The Bertz CT molecular complexity index is 1270. The van der Waals surface area contributed by atoms with Gasteiger partial charge in [-0.25, -0.2) is 25.1 Å². The van der Waals surface area contributed by atoms with Crippen LogP contribution in [0.25, 0.3) is 11.2 Å². The number of aliphatic carboxylic acids is 1. The summed E-state index contributed by atoms with van der Waals surface area (Å²) in [5, 5.41) is 16.1. The van der Waals surface area contributed by atoms with Crippen LogP contribution in [0, 0.1) is 6.92 Å². The Morgan fingerprint density at radius 1 is 1.31 bits per heavy atom. The third kappa shape index (κ3) is 6.56. The molecule has 0 aliphatic heterocycles. The first kappa shape index (κ1) is 27.0. The molecule has 0 saturated heterocycles. The van der Waals surface area contributed by atoms with E-state index >= 15 is 0 Å². The summed E-state index contributed by atoms with van der Waals surface area (Å²) >= 11 is 6.07. The molecule has 3 rings (SSSR count). The molecular formula is C22H31ClN7O4P. The Morgan fingerprint density at radius 2 is 2.03 bits per heavy atom. The molecule has 3 aromatic rings. The number of rotatable bonds is 11. The van der Waals surface area contributed by atoms with Crippen LogP contribution in [0.3, 0.4) is 0 Å². The first-order chi connectivity index (χ1) is 16.3. The van der Waals surface area contributed by atoms with Crippen LogP contribution >= 0.6 is 19.0 Å². The van der Waals surface area contributed by atoms with E-state index in [1.165, 1.54) is 20.2 Å². The molecule has 13 heteroatoms. The molecule has 1 aromatic carbocycles. The molecule has 0 radical (unpaired) electrons. The quantitative estimate of drug-likeness (QED) is 0.273. The number of fused-ring (bicyclic) bond motifs is 1. The smallest absolute Gasteiger partial charge is 0.323 e. The third-order valence-electron chi connectivity index (χ3n) is 5.52. The maximum absolute atomic E-state index is 14.0. The highest BCUT2D eigenvalue weighted by atomic mass is 35.5. The van der Waals surface area contributed by atoms with Crippen LogP contribution in [-0.4, -0.2) is 48.6 Å². The van der Waals surface area contributed by atoms with Crippen LogP contribution in [0.4, 0.5) is 5.82 Å². The summed E-state index contributed by atoms with van der Waals surface area (Å²) in [5.41, 5.74) is 7.25. The topological polar surface area (TPSA) is 157 Å². The Balaban J connectivity index is 1.77. The van der Waals surface area contributed by atoms with Gasteiger partial charge in [-0.2, -0.15) is 0 Å². The fraction of sp³-hybridized carbons (Fsp3) is 0.455. The molecule has 2 aromatic heterocycles. The van der Waals surface area contributed by atoms with Crippen molar-refractivity contribution in [2.24, 2.45) is 0 Å². The number of anilines is 1. The lowest BCUT2D eigenvalue weighted by Crippen LogP contribution is -2.48. The van der Waals surface area contributed by atoms with E-state index in [1.54, 1.807) is 17.0 Å². The number of carboxylic acids is 1. The molecule has 0 fully saturated rings. The average Bonchev–Trinajstić information content (AvgIpc) is 3.15. The molecule has 3 atom stereocenters. The van der Waals surface area contributed by atoms with Crippen LogP contribution in [-0.2, 0) is 20.6 Å². The van der Waals surface area contributed by atoms with Crippen LogP contribution in [0.5, 0.6) is 0 Å². The SMILES string of the molecule is Cc1cc(Cl)ccc1[C@H](C)N[P@@](=O)(CO[C@H](C)Cn1cnc2c(N)ncnc21)NC(C)(C)C(=O)O. The summed E-state index contributed by atoms with van der Waals surface area (Å²) in [7, 11) is -3.55. The van der Waals surface area contributed by atoms with Crippen LogP contribution in [0.15, 0.2) is 30.9 Å². The van der Waals surface area contributed by atoms with Crippen molar-refractivity contribution in [1.82, 2.24) is 29.7 Å². The number of nitrogen functional groups attached to an aromatic ring is 1. The number of imidazole rings is 1. The summed E-state index contributed by atoms with van der Waals surface area (Å²) in [6.45, 7) is 8.84. The number of hydrogen-bond acceptors (Lipinski definition) is 7. The number of nitrogens with zero attached hydrogens (tertiary/aromatic N) is 4. The summed E-state index contributed by atoms with van der Waals surface area (Å²) in [6.07, 6.45) is 2.30. The first-order valence-corrected chi connectivity index (χ1v) is 13.3. The van der Waals surface area contributed by atoms with E-state index in [2.05, 4.69) is 25.1 Å². The fourth-order valence-electron chi connectivity index (χ4n) is 3.70. The molecule has 0 unspecified atom stereocenters. The number of nitrogens with two attached hydrogens (primary N) is 1. The predicted molar refractivity (Wildman–Crippen MR) is 135 cm³/mol. The van der Waals surface area contributed by atoms with Gasteiger partial charge in [-0.05, 0) is 57.9 Å². The summed E-state index contributed by atoms with van der Waals surface area (Å²) in [4.78, 5) is 24.1. The molecule has 5 N–H and O–H groups in total. The van der Waals surface area contributed by atoms with Gasteiger partial charge in [0.05, 0.1) is 19.0 Å². The Morgan fingerprint density at radius 3 is 2.69 bits per heavy atom. The molecule has 35 heavy (non-hydrogen) atoms. The number of hydrogen-bond donors (Lipinski definition) is 4. The van der Waals surface area contributed by atoms with Crippen LogP contribution < -0.4 is 15.9 Å². The molecular weight excluding hydrogens is 493 g/mol. The zero-order valence-electron chi connectivity index (χ0n) is 20.3. The molecule has 2 heterocycles. The molecule has 0 saturated carbocycles. The van der Waals surface area contributed by atoms with Gasteiger partial charge in [0.25, 0.3) is 0 Å². The number of halogens is 1. The van der Waals surface area contributed by atoms with Gasteiger partial charge in [0, 0.05) is 11.1 Å². The molecule has 0 aliphatic carbocycles. The second-order valence-electron chi connectivity index (χ2n) is 9.07. The van der Waals surface area contributed by atoms with Crippen molar-refractivity contribution in [3.8, 4) is 0 Å². The van der Waals surface area contributed by atoms with Crippen molar-refractivity contribution in [3.05, 3.63) is 47.0 Å². The fourth-order valence-corrected chi connectivity index (χ4v) is 6.36. The Kier molecular flexibility index (Phi) is 8.18. The third-order valence-corrected chi connectivity index (χ3v) is 7.99. The van der Waals surface area contributed by atoms with Gasteiger partial charge >= 0.3 is 5.97 Å². The summed E-state index contributed by atoms with van der Waals surface area (Å²) in [5.74, 6) is -0.854. The van der Waals surface area contributed by atoms with Gasteiger partial charge in [0.15, 0.2) is 11.5 Å². The van der Waals surface area contributed by atoms with E-state index in [1.807, 2.05) is 32.9 Å². The van der Waals surface area contributed by atoms with Gasteiger partial charge in [-0.15, -0.1) is 0 Å². The van der Waals surface area contributed by atoms with Crippen LogP contribution in [0.2, 0.25) is 5.02 Å². The van der Waals surface area contributed by atoms with Crippen molar-refractivity contribution in [2.45, 2.75) is 58.8 Å². The molecule has 0 bridgehead atoms. The zero-order chi connectivity index (χ0) is 26.0. The summed E-state index contributed by atoms with van der Waals surface area (Å²) < 4.78 is 21.7. The number of carboxylic acid groups (broad SMARTS) is 1. The number of ether oxygens (including phenoxy) is 1. The zero-order valence-corrected chi connectivity index (χ0v) is 22.0. The lowest BCUT2D eigenvalue weighted by atomic mass is 10.0. The van der Waals surface area contributed by atoms with Crippen LogP contribution in [0.1, 0.15) is 44.9 Å². The minimum atomic E-state index is -3.55. The molecule has 0 amide bonds. The highest BCUT2D eigenvalue weighted by Gasteiger charge is 2.37. The van der Waals surface area contributed by atoms with Crippen molar-refractivity contribution in [2.75, 3.05) is 12.1 Å². The molecule has 0 spiro atoms. The van der Waals surface area contributed by atoms with E-state index in [0.717, 1.165) is 11.1 Å². The largest absolute Gasteiger partial charge is 0.480 e. The molecule has 11 nitrogen and oxygen atoms in total. The number of aryl methyl sites for hydroxylation is 1. The maximum Gasteiger partial charge on any atom is 0.323 e. The molecule has 190 valence electrons. The standard InChI is InChI=1S/C22H31ClN7O4P/c1-13-8-16(23)6-7-17(13)15(3)28-35(33,29-22(4,5)21(31)32)12-34-14(2)9-30-11-27-18-19(24)25-10-26-20(18)30/h6-8,10-11,14-15H,9,12H2,1-5H3,(H,31,32)(H2,24,25,26)(H2,28,29,33)/t14-,15+,35+/m1/s1. The summed E-state index contributed by atoms with van der Waals surface area (Å²) in [6, 6.07) is 5.06. The monoisotopic (exact) mass is 523 g/mol. The van der Waals surface area contributed by atoms with Crippen molar-refractivity contribution >= 4 is 42.0 Å². The Hall–Kier alpha value is -2.56. The minimum absolute atomic E-state index is 0.244. The first-order valence-electron chi connectivity index (χ1n) is 11.0. The van der Waals surface area contributed by atoms with Gasteiger partial charge in [-0.1, -0.05) is 17.7 Å². The maximum atomic E-state index is 14.0. The van der Waals surface area contributed by atoms with E-state index in [0.29, 0.717) is 22.7 Å². The van der Waals surface area contributed by atoms with Gasteiger partial charge in [0.1, 0.15) is 23.7 Å². The van der Waals surface area contributed by atoms with E-state index < -0.39 is 25.1 Å². The highest BCUT2D eigenvalue weighted by molar-refractivity contribution is 7.59. The van der Waals surface area contributed by atoms with Gasteiger partial charge in [-0.3, -0.25) is 9.36 Å². The number of carbonyl (C=O) groups is 1. The number of nitrogens with one attached hydrogen (secondary N) is 2. The van der Waals surface area contributed by atoms with E-state index in [9.17, 15) is 14.5 Å². The number of benzene rings is 1. The lowest BCUT2D eigenvalue weighted by molar-refractivity contribution is -0.142. The lowest BCUT2D eigenvalue weighted by Gasteiger charge is -2.32. The predicted octanol–water partition coefficient (Wildman–Crippen LogP) is 3.73. The van der Waals surface area contributed by atoms with Crippen molar-refractivity contribution < 1.29 is 19.2 Å². The second kappa shape index (κ2) is 10.6. The molecule has 0 aliphatic rings. The minimum Gasteiger partial charge on any atom is -0.480 e. The second-order valence-corrected chi connectivity index (χ2v) is 11.7. The normalized spacial score (nSPS) is 15.6.